The molecule has 3 heterocycles. The Morgan fingerprint density at radius 2 is 1.90 bits per heavy atom. The highest BCUT2D eigenvalue weighted by molar-refractivity contribution is 6.30. The lowest BCUT2D eigenvalue weighted by Gasteiger charge is -2.32. The zero-order chi connectivity index (χ0) is 21.8. The Balaban J connectivity index is 1.45. The van der Waals surface area contributed by atoms with Gasteiger partial charge in [0.1, 0.15) is 6.10 Å². The molecule has 0 bridgehead atoms. The average molecular weight is 438 g/mol. The van der Waals surface area contributed by atoms with E-state index in [1.807, 2.05) is 56.5 Å². The first kappa shape index (κ1) is 21.7. The topological polar surface area (TPSA) is 54.4 Å². The van der Waals surface area contributed by atoms with Crippen molar-refractivity contribution < 1.29 is 4.74 Å². The second kappa shape index (κ2) is 9.73. The van der Waals surface area contributed by atoms with Gasteiger partial charge in [0.15, 0.2) is 0 Å². The maximum atomic E-state index is 6.15. The molecule has 0 saturated carbocycles. The van der Waals surface area contributed by atoms with Gasteiger partial charge in [-0.25, -0.2) is 9.97 Å². The number of morpholine rings is 1. The highest BCUT2D eigenvalue weighted by Gasteiger charge is 2.24. The molecule has 1 atom stereocenters. The van der Waals surface area contributed by atoms with Gasteiger partial charge in [-0.05, 0) is 48.7 Å². The van der Waals surface area contributed by atoms with E-state index in [9.17, 15) is 0 Å². The largest absolute Gasteiger partial charge is 0.369 e. The lowest BCUT2D eigenvalue weighted by molar-refractivity contribution is -0.0351. The molecule has 7 heteroatoms. The highest BCUT2D eigenvalue weighted by Crippen LogP contribution is 2.24. The van der Waals surface area contributed by atoms with E-state index < -0.39 is 0 Å². The van der Waals surface area contributed by atoms with Crippen LogP contribution in [0, 0.1) is 6.92 Å². The molecule has 3 aromatic rings. The molecule has 162 valence electrons. The molecule has 6 nitrogen and oxygen atoms in total. The maximum Gasteiger partial charge on any atom is 0.224 e. The minimum absolute atomic E-state index is 0.0475. The van der Waals surface area contributed by atoms with Crippen molar-refractivity contribution in [2.45, 2.75) is 26.0 Å². The van der Waals surface area contributed by atoms with Crippen molar-refractivity contribution in [3.8, 4) is 0 Å². The fourth-order valence-electron chi connectivity index (χ4n) is 3.86. The third kappa shape index (κ3) is 5.79. The van der Waals surface area contributed by atoms with Crippen molar-refractivity contribution in [2.75, 3.05) is 38.7 Å². The first-order valence-electron chi connectivity index (χ1n) is 10.5. The monoisotopic (exact) mass is 437 g/mol. The first-order valence-corrected chi connectivity index (χ1v) is 10.9. The molecule has 1 aromatic carbocycles. The number of pyridine rings is 1. The second-order valence-corrected chi connectivity index (χ2v) is 8.67. The SMILES string of the molecule is Cc1cc(Cc2cccc(Cl)c2)cc([C@H]2CN(Cc3cnc(N(C)C)nc3)CCO2)n1. The van der Waals surface area contributed by atoms with Crippen LogP contribution in [0.5, 0.6) is 0 Å². The Bertz CT molecular complexity index is 1020. The van der Waals surface area contributed by atoms with Gasteiger partial charge in [0.2, 0.25) is 5.95 Å². The molecule has 1 fully saturated rings. The third-order valence-corrected chi connectivity index (χ3v) is 5.54. The minimum Gasteiger partial charge on any atom is -0.369 e. The van der Waals surface area contributed by atoms with Gasteiger partial charge >= 0.3 is 0 Å². The van der Waals surface area contributed by atoms with E-state index in [0.29, 0.717) is 6.61 Å². The number of nitrogens with zero attached hydrogens (tertiary/aromatic N) is 5. The van der Waals surface area contributed by atoms with E-state index in [-0.39, 0.29) is 6.10 Å². The second-order valence-electron chi connectivity index (χ2n) is 8.23. The van der Waals surface area contributed by atoms with E-state index in [0.717, 1.165) is 54.0 Å². The summed E-state index contributed by atoms with van der Waals surface area (Å²) in [6, 6.07) is 12.3. The Kier molecular flexibility index (Phi) is 6.80. The maximum absolute atomic E-state index is 6.15. The van der Waals surface area contributed by atoms with Crippen molar-refractivity contribution in [3.05, 3.63) is 81.9 Å². The van der Waals surface area contributed by atoms with E-state index in [1.54, 1.807) is 0 Å². The number of aryl methyl sites for hydroxylation is 1. The van der Waals surface area contributed by atoms with Crippen LogP contribution >= 0.6 is 11.6 Å². The number of hydrogen-bond acceptors (Lipinski definition) is 6. The summed E-state index contributed by atoms with van der Waals surface area (Å²) >= 11 is 6.15. The molecule has 31 heavy (non-hydrogen) atoms. The molecule has 0 N–H and O–H groups in total. The van der Waals surface area contributed by atoms with Crippen molar-refractivity contribution in [1.82, 2.24) is 19.9 Å². The van der Waals surface area contributed by atoms with E-state index in [2.05, 4.69) is 33.1 Å². The Morgan fingerprint density at radius 1 is 1.10 bits per heavy atom. The average Bonchev–Trinajstić information content (AvgIpc) is 2.74. The Morgan fingerprint density at radius 3 is 2.65 bits per heavy atom. The van der Waals surface area contributed by atoms with E-state index in [4.69, 9.17) is 21.3 Å². The smallest absolute Gasteiger partial charge is 0.224 e. The van der Waals surface area contributed by atoms with Crippen molar-refractivity contribution in [3.63, 3.8) is 0 Å². The Labute approximate surface area is 188 Å². The number of aromatic nitrogens is 3. The zero-order valence-electron chi connectivity index (χ0n) is 18.3. The van der Waals surface area contributed by atoms with E-state index in [1.165, 1.54) is 11.1 Å². The lowest BCUT2D eigenvalue weighted by atomic mass is 10.0. The predicted octanol–water partition coefficient (Wildman–Crippen LogP) is 4.06. The van der Waals surface area contributed by atoms with Gasteiger partial charge in [-0.3, -0.25) is 9.88 Å². The lowest BCUT2D eigenvalue weighted by Crippen LogP contribution is -2.38. The van der Waals surface area contributed by atoms with Crippen LogP contribution in [0.25, 0.3) is 0 Å². The molecule has 4 rings (SSSR count). The molecule has 2 aromatic heterocycles. The van der Waals surface area contributed by atoms with Crippen molar-refractivity contribution in [2.24, 2.45) is 0 Å². The number of halogens is 1. The van der Waals surface area contributed by atoms with Crippen LogP contribution < -0.4 is 4.90 Å². The Hall–Kier alpha value is -2.54. The molecule has 1 aliphatic heterocycles. The molecule has 0 spiro atoms. The van der Waals surface area contributed by atoms with Crippen LogP contribution in [0.1, 0.15) is 34.2 Å². The van der Waals surface area contributed by atoms with Crippen LogP contribution in [0.2, 0.25) is 5.02 Å². The summed E-state index contributed by atoms with van der Waals surface area (Å²) in [6.07, 6.45) is 4.58. The summed E-state index contributed by atoms with van der Waals surface area (Å²) in [4.78, 5) is 17.9. The van der Waals surface area contributed by atoms with Crippen LogP contribution in [0.15, 0.2) is 48.8 Å². The number of anilines is 1. The van der Waals surface area contributed by atoms with Crippen molar-refractivity contribution in [1.29, 1.82) is 0 Å². The number of hydrogen-bond donors (Lipinski definition) is 0. The van der Waals surface area contributed by atoms with Crippen LogP contribution in [0.4, 0.5) is 5.95 Å². The predicted molar refractivity (Wildman–Crippen MR) is 124 cm³/mol. The number of ether oxygens (including phenoxy) is 1. The van der Waals surface area contributed by atoms with Gasteiger partial charge in [0.25, 0.3) is 0 Å². The standard InChI is InChI=1S/C24H28ClN5O/c1-17-9-19(10-18-5-4-6-21(25)11-18)12-22(28-17)23-16-30(7-8-31-23)15-20-13-26-24(27-14-20)29(2)3/h4-6,9,11-14,23H,7-8,10,15-16H2,1-3H3/t23-/m1/s1. The van der Waals surface area contributed by atoms with Crippen LogP contribution in [0.3, 0.4) is 0 Å². The summed E-state index contributed by atoms with van der Waals surface area (Å²) < 4.78 is 6.10. The quantitative estimate of drug-likeness (QED) is 0.579. The molecule has 0 aliphatic carbocycles. The number of rotatable bonds is 6. The molecule has 1 saturated heterocycles. The molecule has 0 amide bonds. The number of benzene rings is 1. The third-order valence-electron chi connectivity index (χ3n) is 5.31. The molecular weight excluding hydrogens is 410 g/mol. The molecular formula is C24H28ClN5O. The normalized spacial score (nSPS) is 17.0. The van der Waals surface area contributed by atoms with Gasteiger partial charge in [-0.1, -0.05) is 23.7 Å². The van der Waals surface area contributed by atoms with Crippen molar-refractivity contribution >= 4 is 17.5 Å². The molecule has 0 unspecified atom stereocenters. The minimum atomic E-state index is -0.0475. The molecule has 1 aliphatic rings. The summed E-state index contributed by atoms with van der Waals surface area (Å²) in [7, 11) is 3.88. The van der Waals surface area contributed by atoms with Gasteiger partial charge in [-0.2, -0.15) is 0 Å². The van der Waals surface area contributed by atoms with Crippen LogP contribution in [-0.4, -0.2) is 53.6 Å². The summed E-state index contributed by atoms with van der Waals surface area (Å²) in [5.41, 5.74) is 5.50. The fraction of sp³-hybridized carbons (Fsp3) is 0.375. The van der Waals surface area contributed by atoms with Gasteiger partial charge in [0, 0.05) is 62.4 Å². The van der Waals surface area contributed by atoms with Gasteiger partial charge < -0.3 is 9.64 Å². The molecule has 0 radical (unpaired) electrons. The summed E-state index contributed by atoms with van der Waals surface area (Å²) in [5, 5.41) is 0.761. The van der Waals surface area contributed by atoms with Gasteiger partial charge in [-0.15, -0.1) is 0 Å². The zero-order valence-corrected chi connectivity index (χ0v) is 19.0. The fourth-order valence-corrected chi connectivity index (χ4v) is 4.07. The van der Waals surface area contributed by atoms with E-state index >= 15 is 0 Å². The van der Waals surface area contributed by atoms with Crippen LogP contribution in [-0.2, 0) is 17.7 Å². The summed E-state index contributed by atoms with van der Waals surface area (Å²) in [5.74, 6) is 0.722. The summed E-state index contributed by atoms with van der Waals surface area (Å²) in [6.45, 7) is 5.19. The van der Waals surface area contributed by atoms with Gasteiger partial charge in [0.05, 0.1) is 12.3 Å². The highest BCUT2D eigenvalue weighted by atomic mass is 35.5. The first-order chi connectivity index (χ1) is 15.0.